The molecular formula is C18H23NO2S. The van der Waals surface area contributed by atoms with Crippen LogP contribution in [-0.4, -0.2) is 17.1 Å². The van der Waals surface area contributed by atoms with E-state index in [-0.39, 0.29) is 17.7 Å². The van der Waals surface area contributed by atoms with Crippen LogP contribution in [0.1, 0.15) is 49.9 Å². The molecule has 1 saturated carbocycles. The van der Waals surface area contributed by atoms with Crippen LogP contribution in [0.15, 0.2) is 23.6 Å². The fourth-order valence-corrected chi connectivity index (χ4v) is 4.63. The molecule has 1 heterocycles. The number of rotatable bonds is 3. The van der Waals surface area contributed by atoms with Crippen LogP contribution in [0.2, 0.25) is 0 Å². The smallest absolute Gasteiger partial charge is 0.252 e. The van der Waals surface area contributed by atoms with E-state index in [1.54, 1.807) is 5.38 Å². The fourth-order valence-electron chi connectivity index (χ4n) is 3.68. The summed E-state index contributed by atoms with van der Waals surface area (Å²) in [6.45, 7) is 4.51. The van der Waals surface area contributed by atoms with Gasteiger partial charge in [-0.05, 0) is 43.2 Å². The lowest BCUT2D eigenvalue weighted by Gasteiger charge is -2.33. The monoisotopic (exact) mass is 317 g/mol. The van der Waals surface area contributed by atoms with Crippen molar-refractivity contribution >= 4 is 27.3 Å². The highest BCUT2D eigenvalue weighted by molar-refractivity contribution is 7.18. The van der Waals surface area contributed by atoms with E-state index in [9.17, 15) is 9.90 Å². The summed E-state index contributed by atoms with van der Waals surface area (Å²) < 4.78 is 0.869. The van der Waals surface area contributed by atoms with Gasteiger partial charge in [0.1, 0.15) is 5.75 Å². The zero-order valence-electron chi connectivity index (χ0n) is 13.1. The zero-order valence-corrected chi connectivity index (χ0v) is 14.0. The van der Waals surface area contributed by atoms with E-state index in [0.29, 0.717) is 11.5 Å². The lowest BCUT2D eigenvalue weighted by molar-refractivity contribution is 0.0909. The standard InChI is InChI=1S/C18H23NO2S/c1-3-12-7-11(2)8-13(9-12)19-18(21)15-6-4-5-14-16(20)10-22-17(14)15/h4-6,10-13,20H,3,7-9H2,1-2H3,(H,19,21)/t11-,12?,13+/m0/s1. The highest BCUT2D eigenvalue weighted by atomic mass is 32.1. The third kappa shape index (κ3) is 2.98. The molecule has 1 aliphatic rings. The first kappa shape index (κ1) is 15.3. The maximum Gasteiger partial charge on any atom is 0.252 e. The van der Waals surface area contributed by atoms with Gasteiger partial charge < -0.3 is 10.4 Å². The Morgan fingerprint density at radius 3 is 2.95 bits per heavy atom. The van der Waals surface area contributed by atoms with E-state index in [0.717, 1.165) is 28.8 Å². The van der Waals surface area contributed by atoms with Gasteiger partial charge >= 0.3 is 0 Å². The molecular weight excluding hydrogens is 294 g/mol. The molecule has 2 N–H and O–H groups in total. The number of thiophene rings is 1. The largest absolute Gasteiger partial charge is 0.506 e. The van der Waals surface area contributed by atoms with Crippen LogP contribution in [0.4, 0.5) is 0 Å². The molecule has 1 unspecified atom stereocenters. The van der Waals surface area contributed by atoms with Crippen molar-refractivity contribution in [3.8, 4) is 5.75 Å². The van der Waals surface area contributed by atoms with Gasteiger partial charge in [0, 0.05) is 16.8 Å². The molecule has 3 nitrogen and oxygen atoms in total. The summed E-state index contributed by atoms with van der Waals surface area (Å²) >= 11 is 1.43. The van der Waals surface area contributed by atoms with Crippen molar-refractivity contribution in [2.45, 2.75) is 45.6 Å². The number of benzene rings is 1. The number of carbonyl (C=O) groups excluding carboxylic acids is 1. The Hall–Kier alpha value is -1.55. The normalized spacial score (nSPS) is 25.3. The Bertz CT molecular complexity index is 679. The molecule has 3 atom stereocenters. The molecule has 1 amide bonds. The predicted octanol–water partition coefficient (Wildman–Crippen LogP) is 4.55. The van der Waals surface area contributed by atoms with Crippen LogP contribution in [0.5, 0.6) is 5.75 Å². The molecule has 0 radical (unpaired) electrons. The van der Waals surface area contributed by atoms with Crippen LogP contribution in [0, 0.1) is 11.8 Å². The average Bonchev–Trinajstić information content (AvgIpc) is 2.88. The second-order valence-electron chi connectivity index (χ2n) is 6.56. The van der Waals surface area contributed by atoms with E-state index in [2.05, 4.69) is 19.2 Å². The molecule has 1 aliphatic carbocycles. The van der Waals surface area contributed by atoms with Crippen molar-refractivity contribution in [2.24, 2.45) is 11.8 Å². The van der Waals surface area contributed by atoms with Gasteiger partial charge in [0.25, 0.3) is 5.91 Å². The van der Waals surface area contributed by atoms with Crippen LogP contribution in [-0.2, 0) is 0 Å². The Balaban J connectivity index is 1.78. The molecule has 22 heavy (non-hydrogen) atoms. The topological polar surface area (TPSA) is 49.3 Å². The summed E-state index contributed by atoms with van der Waals surface area (Å²) in [5.41, 5.74) is 0.675. The van der Waals surface area contributed by atoms with E-state index in [1.807, 2.05) is 18.2 Å². The second kappa shape index (κ2) is 6.29. The van der Waals surface area contributed by atoms with Gasteiger partial charge in [-0.15, -0.1) is 11.3 Å². The number of aromatic hydroxyl groups is 1. The van der Waals surface area contributed by atoms with Crippen LogP contribution >= 0.6 is 11.3 Å². The number of carbonyl (C=O) groups is 1. The molecule has 0 aliphatic heterocycles. The van der Waals surface area contributed by atoms with Gasteiger partial charge in [0.05, 0.1) is 10.3 Å². The number of hydrogen-bond donors (Lipinski definition) is 2. The van der Waals surface area contributed by atoms with Crippen molar-refractivity contribution in [3.63, 3.8) is 0 Å². The van der Waals surface area contributed by atoms with E-state index >= 15 is 0 Å². The fraction of sp³-hybridized carbons (Fsp3) is 0.500. The SMILES string of the molecule is CCC1C[C@H](C)C[C@@H](NC(=O)c2cccc3c(O)csc23)C1. The Kier molecular flexibility index (Phi) is 4.39. The van der Waals surface area contributed by atoms with Crippen molar-refractivity contribution in [2.75, 3.05) is 0 Å². The lowest BCUT2D eigenvalue weighted by atomic mass is 9.78. The predicted molar refractivity (Wildman–Crippen MR) is 91.5 cm³/mol. The summed E-state index contributed by atoms with van der Waals surface area (Å²) in [6, 6.07) is 5.80. The molecule has 1 fully saturated rings. The molecule has 4 heteroatoms. The van der Waals surface area contributed by atoms with E-state index < -0.39 is 0 Å². The molecule has 2 aromatic rings. The minimum atomic E-state index is -0.0126. The Labute approximate surface area is 135 Å². The summed E-state index contributed by atoms with van der Waals surface area (Å²) in [6.07, 6.45) is 4.61. The van der Waals surface area contributed by atoms with Crippen molar-refractivity contribution in [3.05, 3.63) is 29.1 Å². The number of fused-ring (bicyclic) bond motifs is 1. The first-order chi connectivity index (χ1) is 10.6. The maximum absolute atomic E-state index is 12.7. The molecule has 0 spiro atoms. The minimum absolute atomic E-state index is 0.0126. The third-order valence-electron chi connectivity index (χ3n) is 4.78. The van der Waals surface area contributed by atoms with Crippen LogP contribution in [0.25, 0.3) is 10.1 Å². The Morgan fingerprint density at radius 1 is 1.36 bits per heavy atom. The molecule has 1 aromatic heterocycles. The van der Waals surface area contributed by atoms with Gasteiger partial charge in [0.15, 0.2) is 0 Å². The zero-order chi connectivity index (χ0) is 15.7. The molecule has 118 valence electrons. The van der Waals surface area contributed by atoms with Gasteiger partial charge in [-0.2, -0.15) is 0 Å². The first-order valence-electron chi connectivity index (χ1n) is 8.08. The first-order valence-corrected chi connectivity index (χ1v) is 8.96. The summed E-state index contributed by atoms with van der Waals surface area (Å²) in [5, 5.41) is 15.5. The minimum Gasteiger partial charge on any atom is -0.506 e. The lowest BCUT2D eigenvalue weighted by Crippen LogP contribution is -2.40. The average molecular weight is 317 g/mol. The number of amides is 1. The summed E-state index contributed by atoms with van der Waals surface area (Å²) in [7, 11) is 0. The van der Waals surface area contributed by atoms with Crippen LogP contribution in [0.3, 0.4) is 0 Å². The molecule has 0 bridgehead atoms. The van der Waals surface area contributed by atoms with Crippen molar-refractivity contribution in [1.29, 1.82) is 0 Å². The van der Waals surface area contributed by atoms with Gasteiger partial charge in [-0.1, -0.05) is 26.3 Å². The summed E-state index contributed by atoms with van der Waals surface area (Å²) in [4.78, 5) is 12.7. The van der Waals surface area contributed by atoms with Crippen molar-refractivity contribution < 1.29 is 9.90 Å². The second-order valence-corrected chi connectivity index (χ2v) is 7.44. The quantitative estimate of drug-likeness (QED) is 0.872. The van der Waals surface area contributed by atoms with Crippen LogP contribution < -0.4 is 5.32 Å². The summed E-state index contributed by atoms with van der Waals surface area (Å²) in [5.74, 6) is 1.63. The molecule has 0 saturated heterocycles. The molecule has 3 rings (SSSR count). The highest BCUT2D eigenvalue weighted by Gasteiger charge is 2.27. The Morgan fingerprint density at radius 2 is 2.18 bits per heavy atom. The highest BCUT2D eigenvalue weighted by Crippen LogP contribution is 2.34. The number of hydrogen-bond acceptors (Lipinski definition) is 3. The van der Waals surface area contributed by atoms with Crippen molar-refractivity contribution in [1.82, 2.24) is 5.32 Å². The van der Waals surface area contributed by atoms with E-state index in [4.69, 9.17) is 0 Å². The van der Waals surface area contributed by atoms with Gasteiger partial charge in [-0.3, -0.25) is 4.79 Å². The van der Waals surface area contributed by atoms with Gasteiger partial charge in [0.2, 0.25) is 0 Å². The maximum atomic E-state index is 12.7. The van der Waals surface area contributed by atoms with Gasteiger partial charge in [-0.25, -0.2) is 0 Å². The number of nitrogens with one attached hydrogen (secondary N) is 1. The molecule has 1 aromatic carbocycles. The third-order valence-corrected chi connectivity index (χ3v) is 5.79. The van der Waals surface area contributed by atoms with E-state index in [1.165, 1.54) is 24.2 Å².